The number of hydrogen-bond donors (Lipinski definition) is 2. The molecule has 3 amide bonds. The molecule has 6 rings (SSSR count). The van der Waals surface area contributed by atoms with Crippen LogP contribution in [0.4, 0.5) is 0 Å². The van der Waals surface area contributed by atoms with Gasteiger partial charge in [0.2, 0.25) is 0 Å². The van der Waals surface area contributed by atoms with Crippen molar-refractivity contribution >= 4 is 17.7 Å². The van der Waals surface area contributed by atoms with Gasteiger partial charge in [-0.3, -0.25) is 19.4 Å². The molecule has 0 saturated carbocycles. The van der Waals surface area contributed by atoms with Gasteiger partial charge in [-0.2, -0.15) is 0 Å². The lowest BCUT2D eigenvalue weighted by Gasteiger charge is -2.39. The topological polar surface area (TPSA) is 119 Å². The SMILES string of the molecule is COc1ccc2cc1OCC(=O)NCc1ccc(cc1)O[C@@H]1CCN(C(=O)c3cccnc3)C[C@@H]1NC2=O. The van der Waals surface area contributed by atoms with E-state index in [-0.39, 0.29) is 42.7 Å². The molecular weight excluding hydrogens is 488 g/mol. The Bertz CT molecular complexity index is 1310. The van der Waals surface area contributed by atoms with Crippen molar-refractivity contribution in [2.75, 3.05) is 26.8 Å². The number of methoxy groups -OCH3 is 1. The summed E-state index contributed by atoms with van der Waals surface area (Å²) < 4.78 is 17.3. The standard InChI is InChI=1S/C28H28N4O6/c1-36-24-9-6-19-13-25(24)37-17-26(33)30-14-18-4-7-21(8-5-18)38-23-10-12-32(16-22(23)31-27(19)34)28(35)20-3-2-11-29-15-20/h2-9,11,13,15,22-23H,10,12,14,16-17H2,1H3,(H,30,33)(H,31,34)/t22-,23+/m0/s1. The van der Waals surface area contributed by atoms with Crippen LogP contribution >= 0.6 is 0 Å². The van der Waals surface area contributed by atoms with E-state index in [2.05, 4.69) is 15.6 Å². The van der Waals surface area contributed by atoms with Gasteiger partial charge in [0.1, 0.15) is 11.9 Å². The Kier molecular flexibility index (Phi) is 7.39. The van der Waals surface area contributed by atoms with E-state index in [1.807, 2.05) is 24.3 Å². The van der Waals surface area contributed by atoms with Gasteiger partial charge in [-0.25, -0.2) is 0 Å². The van der Waals surface area contributed by atoms with E-state index in [4.69, 9.17) is 14.2 Å². The number of benzene rings is 2. The maximum absolute atomic E-state index is 13.4. The third kappa shape index (κ3) is 5.69. The average Bonchev–Trinajstić information content (AvgIpc) is 2.96. The highest BCUT2D eigenvalue weighted by Gasteiger charge is 2.35. The quantitative estimate of drug-likeness (QED) is 0.536. The zero-order valence-electron chi connectivity index (χ0n) is 20.9. The van der Waals surface area contributed by atoms with E-state index in [1.54, 1.807) is 35.4 Å². The smallest absolute Gasteiger partial charge is 0.258 e. The fourth-order valence-electron chi connectivity index (χ4n) is 4.50. The summed E-state index contributed by atoms with van der Waals surface area (Å²) in [5.41, 5.74) is 1.71. The van der Waals surface area contributed by atoms with Gasteiger partial charge in [-0.15, -0.1) is 0 Å². The normalized spacial score (nSPS) is 19.7. The summed E-state index contributed by atoms with van der Waals surface area (Å²) in [5.74, 6) is 0.474. The van der Waals surface area contributed by atoms with Gasteiger partial charge in [0.15, 0.2) is 18.1 Å². The van der Waals surface area contributed by atoms with Crippen molar-refractivity contribution in [3.05, 3.63) is 83.7 Å². The number of aromatic nitrogens is 1. The van der Waals surface area contributed by atoms with Crippen LogP contribution in [0.5, 0.6) is 17.2 Å². The van der Waals surface area contributed by atoms with E-state index in [9.17, 15) is 14.4 Å². The van der Waals surface area contributed by atoms with Gasteiger partial charge in [0.25, 0.3) is 17.7 Å². The molecule has 1 saturated heterocycles. The zero-order valence-corrected chi connectivity index (χ0v) is 20.9. The Morgan fingerprint density at radius 2 is 1.97 bits per heavy atom. The number of carbonyl (C=O) groups is 3. The molecule has 4 bridgehead atoms. The van der Waals surface area contributed by atoms with E-state index >= 15 is 0 Å². The second-order valence-electron chi connectivity index (χ2n) is 9.09. The molecule has 3 aliphatic rings. The van der Waals surface area contributed by atoms with Crippen LogP contribution in [0.3, 0.4) is 0 Å². The lowest BCUT2D eigenvalue weighted by Crippen LogP contribution is -2.58. The Balaban J connectivity index is 1.44. The summed E-state index contributed by atoms with van der Waals surface area (Å²) in [6.45, 7) is 0.825. The Labute approximate surface area is 219 Å². The molecule has 10 nitrogen and oxygen atoms in total. The van der Waals surface area contributed by atoms with Crippen LogP contribution < -0.4 is 24.8 Å². The monoisotopic (exact) mass is 516 g/mol. The van der Waals surface area contributed by atoms with Gasteiger partial charge >= 0.3 is 0 Å². The second-order valence-corrected chi connectivity index (χ2v) is 9.09. The van der Waals surface area contributed by atoms with Crippen LogP contribution in [0.1, 0.15) is 32.7 Å². The van der Waals surface area contributed by atoms with Gasteiger partial charge in [-0.05, 0) is 48.0 Å². The fourth-order valence-corrected chi connectivity index (χ4v) is 4.50. The summed E-state index contributed by atoms with van der Waals surface area (Å²) in [6, 6.07) is 15.1. The number of fused-ring (bicyclic) bond motifs is 7. The number of rotatable bonds is 2. The summed E-state index contributed by atoms with van der Waals surface area (Å²) in [6.07, 6.45) is 3.30. The number of amides is 3. The number of hydrogen-bond acceptors (Lipinski definition) is 7. The van der Waals surface area contributed by atoms with Crippen LogP contribution in [0.2, 0.25) is 0 Å². The highest BCUT2D eigenvalue weighted by molar-refractivity contribution is 5.96. The van der Waals surface area contributed by atoms with Crippen LogP contribution in [0.15, 0.2) is 67.0 Å². The second kappa shape index (κ2) is 11.2. The molecule has 3 aliphatic heterocycles. The third-order valence-electron chi connectivity index (χ3n) is 6.55. The molecular formula is C28H28N4O6. The summed E-state index contributed by atoms with van der Waals surface area (Å²) in [7, 11) is 1.48. The number of ether oxygens (including phenoxy) is 3. The van der Waals surface area contributed by atoms with Gasteiger partial charge < -0.3 is 29.7 Å². The molecule has 2 aromatic carbocycles. The summed E-state index contributed by atoms with van der Waals surface area (Å²) >= 11 is 0. The van der Waals surface area contributed by atoms with Crippen molar-refractivity contribution in [1.82, 2.24) is 20.5 Å². The van der Waals surface area contributed by atoms with Gasteiger partial charge in [0, 0.05) is 44.0 Å². The van der Waals surface area contributed by atoms with Gasteiger partial charge in [0.05, 0.1) is 18.7 Å². The van der Waals surface area contributed by atoms with Crippen molar-refractivity contribution in [1.29, 1.82) is 0 Å². The van der Waals surface area contributed by atoms with Crippen molar-refractivity contribution < 1.29 is 28.6 Å². The molecule has 0 spiro atoms. The first-order valence-electron chi connectivity index (χ1n) is 12.3. The van der Waals surface area contributed by atoms with Crippen molar-refractivity contribution in [3.63, 3.8) is 0 Å². The molecule has 1 aromatic heterocycles. The molecule has 2 atom stereocenters. The molecule has 1 fully saturated rings. The largest absolute Gasteiger partial charge is 0.493 e. The summed E-state index contributed by atoms with van der Waals surface area (Å²) in [4.78, 5) is 44.6. The molecule has 2 N–H and O–H groups in total. The maximum Gasteiger partial charge on any atom is 0.258 e. The highest BCUT2D eigenvalue weighted by Crippen LogP contribution is 2.29. The minimum Gasteiger partial charge on any atom is -0.493 e. The fraction of sp³-hybridized carbons (Fsp3) is 0.286. The minimum absolute atomic E-state index is 0.157. The first kappa shape index (κ1) is 25.1. The molecule has 0 radical (unpaired) electrons. The van der Waals surface area contributed by atoms with Crippen molar-refractivity contribution in [2.45, 2.75) is 25.1 Å². The molecule has 10 heteroatoms. The van der Waals surface area contributed by atoms with E-state index in [0.717, 1.165) is 5.56 Å². The van der Waals surface area contributed by atoms with Crippen molar-refractivity contribution in [2.24, 2.45) is 0 Å². The summed E-state index contributed by atoms with van der Waals surface area (Å²) in [5, 5.41) is 5.86. The number of nitrogens with zero attached hydrogens (tertiary/aromatic N) is 2. The van der Waals surface area contributed by atoms with Crippen molar-refractivity contribution in [3.8, 4) is 17.2 Å². The Hall–Kier alpha value is -4.60. The average molecular weight is 517 g/mol. The van der Waals surface area contributed by atoms with E-state index in [0.29, 0.717) is 42.1 Å². The maximum atomic E-state index is 13.4. The van der Waals surface area contributed by atoms with Crippen LogP contribution in [-0.2, 0) is 11.3 Å². The number of likely N-dealkylation sites (tertiary alicyclic amines) is 1. The first-order valence-corrected chi connectivity index (χ1v) is 12.3. The minimum atomic E-state index is -0.484. The lowest BCUT2D eigenvalue weighted by atomic mass is 10.00. The van der Waals surface area contributed by atoms with E-state index in [1.165, 1.54) is 19.4 Å². The van der Waals surface area contributed by atoms with Crippen LogP contribution in [0, 0.1) is 0 Å². The third-order valence-corrected chi connectivity index (χ3v) is 6.55. The molecule has 3 aromatic rings. The number of piperidine rings is 1. The lowest BCUT2D eigenvalue weighted by molar-refractivity contribution is -0.123. The predicted octanol–water partition coefficient (Wildman–Crippen LogP) is 2.19. The molecule has 196 valence electrons. The molecule has 0 aliphatic carbocycles. The van der Waals surface area contributed by atoms with Crippen LogP contribution in [0.25, 0.3) is 0 Å². The molecule has 0 unspecified atom stereocenters. The number of carbonyl (C=O) groups excluding carboxylic acids is 3. The van der Waals surface area contributed by atoms with Crippen LogP contribution in [-0.4, -0.2) is 66.6 Å². The number of pyridine rings is 1. The zero-order chi connectivity index (χ0) is 26.5. The predicted molar refractivity (Wildman–Crippen MR) is 137 cm³/mol. The number of nitrogens with one attached hydrogen (secondary N) is 2. The van der Waals surface area contributed by atoms with E-state index < -0.39 is 6.04 Å². The Morgan fingerprint density at radius 3 is 2.74 bits per heavy atom. The van der Waals surface area contributed by atoms with Gasteiger partial charge in [-0.1, -0.05) is 12.1 Å². The molecule has 4 heterocycles. The highest BCUT2D eigenvalue weighted by atomic mass is 16.5. The molecule has 38 heavy (non-hydrogen) atoms. The Morgan fingerprint density at radius 1 is 1.13 bits per heavy atom. The first-order chi connectivity index (χ1) is 18.5.